The Labute approximate surface area is 111 Å². The molecule has 0 fully saturated rings. The molecule has 0 aliphatic rings. The van der Waals surface area contributed by atoms with Crippen molar-refractivity contribution in [2.75, 3.05) is 0 Å². The van der Waals surface area contributed by atoms with Crippen LogP contribution in [0.2, 0.25) is 0 Å². The summed E-state index contributed by atoms with van der Waals surface area (Å²) in [5.41, 5.74) is -0.414. The van der Waals surface area contributed by atoms with Gasteiger partial charge in [0.15, 0.2) is 23.3 Å². The topological polar surface area (TPSA) is 20.2 Å². The average molecular weight is 288 g/mol. The van der Waals surface area contributed by atoms with E-state index in [1.54, 1.807) is 19.1 Å². The summed E-state index contributed by atoms with van der Waals surface area (Å²) in [4.78, 5) is 0. The molecule has 0 saturated heterocycles. The molecule has 20 heavy (non-hydrogen) atoms. The molecule has 1 N–H and O–H groups in total. The maximum atomic E-state index is 13.5. The molecule has 2 aromatic rings. The lowest BCUT2D eigenvalue weighted by molar-refractivity contribution is 0.202. The molecule has 2 aromatic carbocycles. The van der Waals surface area contributed by atoms with Crippen LogP contribution >= 0.6 is 0 Å². The summed E-state index contributed by atoms with van der Waals surface area (Å²) < 4.78 is 66.1. The van der Waals surface area contributed by atoms with Crippen LogP contribution in [-0.2, 0) is 0 Å². The van der Waals surface area contributed by atoms with Gasteiger partial charge in [0.2, 0.25) is 5.82 Å². The molecule has 106 valence electrons. The van der Waals surface area contributed by atoms with Crippen LogP contribution in [0.15, 0.2) is 24.3 Å². The molecule has 6 heteroatoms. The highest BCUT2D eigenvalue weighted by Gasteiger charge is 2.30. The summed E-state index contributed by atoms with van der Waals surface area (Å²) in [6, 6.07) is 5.78. The van der Waals surface area contributed by atoms with Gasteiger partial charge in [0.05, 0.1) is 5.56 Å². The highest BCUT2D eigenvalue weighted by molar-refractivity contribution is 5.34. The molecular weight excluding hydrogens is 279 g/mol. The zero-order valence-corrected chi connectivity index (χ0v) is 10.2. The predicted molar refractivity (Wildman–Crippen MR) is 61.5 cm³/mol. The van der Waals surface area contributed by atoms with Gasteiger partial charge >= 0.3 is 0 Å². The number of aryl methyl sites for hydroxylation is 1. The first-order chi connectivity index (χ1) is 9.34. The summed E-state index contributed by atoms with van der Waals surface area (Å²) in [5, 5.41) is 9.85. The Kier molecular flexibility index (Phi) is 3.76. The Morgan fingerprint density at radius 2 is 1.15 bits per heavy atom. The molecular formula is C14H9F5O. The summed E-state index contributed by atoms with van der Waals surface area (Å²) in [6.45, 7) is 1.74. The van der Waals surface area contributed by atoms with Crippen LogP contribution in [0.1, 0.15) is 22.8 Å². The fourth-order valence-electron chi connectivity index (χ4n) is 1.78. The minimum atomic E-state index is -2.25. The molecule has 0 aliphatic heterocycles. The summed E-state index contributed by atoms with van der Waals surface area (Å²) in [5.74, 6) is -10.5. The van der Waals surface area contributed by atoms with Gasteiger partial charge in [-0.15, -0.1) is 0 Å². The molecule has 1 atom stereocenters. The largest absolute Gasteiger partial charge is 0.383 e. The Bertz CT molecular complexity index is 623. The third-order valence-electron chi connectivity index (χ3n) is 2.91. The lowest BCUT2D eigenvalue weighted by Crippen LogP contribution is -2.12. The zero-order valence-electron chi connectivity index (χ0n) is 10.2. The van der Waals surface area contributed by atoms with E-state index in [-0.39, 0.29) is 5.56 Å². The summed E-state index contributed by atoms with van der Waals surface area (Å²) >= 11 is 0. The quantitative estimate of drug-likeness (QED) is 0.506. The second-order valence-electron chi connectivity index (χ2n) is 4.30. The van der Waals surface area contributed by atoms with E-state index >= 15 is 0 Å². The molecule has 0 saturated carbocycles. The number of benzene rings is 2. The Morgan fingerprint density at radius 3 is 1.60 bits per heavy atom. The molecule has 1 unspecified atom stereocenters. The van der Waals surface area contributed by atoms with Crippen molar-refractivity contribution < 1.29 is 27.1 Å². The van der Waals surface area contributed by atoms with Gasteiger partial charge in [0.1, 0.15) is 6.10 Å². The van der Waals surface area contributed by atoms with Gasteiger partial charge in [0.25, 0.3) is 0 Å². The molecule has 0 aromatic heterocycles. The highest BCUT2D eigenvalue weighted by atomic mass is 19.2. The SMILES string of the molecule is Cc1ccc(C(O)c2c(F)c(F)c(F)c(F)c2F)cc1. The van der Waals surface area contributed by atoms with Crippen LogP contribution < -0.4 is 0 Å². The van der Waals surface area contributed by atoms with Crippen molar-refractivity contribution in [3.05, 3.63) is 70.0 Å². The first-order valence-corrected chi connectivity index (χ1v) is 5.60. The molecule has 0 bridgehead atoms. The van der Waals surface area contributed by atoms with E-state index in [1.807, 2.05) is 0 Å². The predicted octanol–water partition coefficient (Wildman–Crippen LogP) is 3.77. The Balaban J connectivity index is 2.60. The highest BCUT2D eigenvalue weighted by Crippen LogP contribution is 2.31. The number of halogens is 5. The Hall–Kier alpha value is -1.95. The van der Waals surface area contributed by atoms with Crippen molar-refractivity contribution >= 4 is 0 Å². The zero-order chi connectivity index (χ0) is 15.0. The van der Waals surface area contributed by atoms with Gasteiger partial charge in [-0.2, -0.15) is 0 Å². The molecule has 0 amide bonds. The van der Waals surface area contributed by atoms with Crippen molar-refractivity contribution in [1.29, 1.82) is 0 Å². The minimum Gasteiger partial charge on any atom is -0.383 e. The number of hydrogen-bond donors (Lipinski definition) is 1. The molecule has 0 spiro atoms. The third kappa shape index (κ3) is 2.27. The van der Waals surface area contributed by atoms with Gasteiger partial charge in [-0.1, -0.05) is 29.8 Å². The number of rotatable bonds is 2. The normalized spacial score (nSPS) is 12.6. The molecule has 2 rings (SSSR count). The molecule has 0 aliphatic carbocycles. The van der Waals surface area contributed by atoms with E-state index < -0.39 is 40.8 Å². The molecule has 0 heterocycles. The van der Waals surface area contributed by atoms with Crippen molar-refractivity contribution in [3.8, 4) is 0 Å². The first kappa shape index (κ1) is 14.5. The van der Waals surface area contributed by atoms with E-state index in [0.717, 1.165) is 5.56 Å². The van der Waals surface area contributed by atoms with Gasteiger partial charge in [-0.3, -0.25) is 0 Å². The van der Waals surface area contributed by atoms with Gasteiger partial charge in [0, 0.05) is 0 Å². The van der Waals surface area contributed by atoms with Crippen molar-refractivity contribution in [2.45, 2.75) is 13.0 Å². The van der Waals surface area contributed by atoms with E-state index in [1.165, 1.54) is 12.1 Å². The number of hydrogen-bond acceptors (Lipinski definition) is 1. The van der Waals surface area contributed by atoms with Crippen molar-refractivity contribution in [1.82, 2.24) is 0 Å². The second kappa shape index (κ2) is 5.20. The summed E-state index contributed by atoms with van der Waals surface area (Å²) in [6.07, 6.45) is -1.94. The standard InChI is InChI=1S/C14H9F5O/c1-6-2-4-7(5-3-6)14(20)8-9(15)11(17)13(19)12(18)10(8)16/h2-5,14,20H,1H3. The van der Waals surface area contributed by atoms with Crippen molar-refractivity contribution in [2.24, 2.45) is 0 Å². The van der Waals surface area contributed by atoms with E-state index in [0.29, 0.717) is 0 Å². The van der Waals surface area contributed by atoms with Gasteiger partial charge < -0.3 is 5.11 Å². The first-order valence-electron chi connectivity index (χ1n) is 5.60. The van der Waals surface area contributed by atoms with Gasteiger partial charge in [-0.05, 0) is 12.5 Å². The number of aliphatic hydroxyl groups is 1. The minimum absolute atomic E-state index is 0.0267. The fourth-order valence-corrected chi connectivity index (χ4v) is 1.78. The monoisotopic (exact) mass is 288 g/mol. The van der Waals surface area contributed by atoms with Gasteiger partial charge in [-0.25, -0.2) is 22.0 Å². The Morgan fingerprint density at radius 1 is 0.750 bits per heavy atom. The number of aliphatic hydroxyl groups excluding tert-OH is 1. The van der Waals surface area contributed by atoms with Crippen LogP contribution in [0, 0.1) is 36.0 Å². The van der Waals surface area contributed by atoms with E-state index in [2.05, 4.69) is 0 Å². The maximum Gasteiger partial charge on any atom is 0.200 e. The fraction of sp³-hybridized carbons (Fsp3) is 0.143. The second-order valence-corrected chi connectivity index (χ2v) is 4.30. The van der Waals surface area contributed by atoms with Crippen molar-refractivity contribution in [3.63, 3.8) is 0 Å². The van der Waals surface area contributed by atoms with Crippen LogP contribution in [0.3, 0.4) is 0 Å². The maximum absolute atomic E-state index is 13.5. The lowest BCUT2D eigenvalue weighted by Gasteiger charge is -2.15. The van der Waals surface area contributed by atoms with Crippen LogP contribution in [0.25, 0.3) is 0 Å². The third-order valence-corrected chi connectivity index (χ3v) is 2.91. The lowest BCUT2D eigenvalue weighted by atomic mass is 9.99. The molecule has 1 nitrogen and oxygen atoms in total. The molecule has 0 radical (unpaired) electrons. The van der Waals surface area contributed by atoms with Crippen LogP contribution in [0.5, 0.6) is 0 Å². The average Bonchev–Trinajstić information content (AvgIpc) is 2.44. The van der Waals surface area contributed by atoms with Crippen LogP contribution in [-0.4, -0.2) is 5.11 Å². The van der Waals surface area contributed by atoms with Crippen LogP contribution in [0.4, 0.5) is 22.0 Å². The smallest absolute Gasteiger partial charge is 0.200 e. The van der Waals surface area contributed by atoms with E-state index in [4.69, 9.17) is 0 Å². The summed E-state index contributed by atoms with van der Waals surface area (Å²) in [7, 11) is 0. The van der Waals surface area contributed by atoms with E-state index in [9.17, 15) is 27.1 Å².